The number of carboxylic acids is 1. The van der Waals surface area contributed by atoms with Crippen LogP contribution >= 0.6 is 0 Å². The SMILES string of the molecule is COCCn1c(Cc2ccc(-c3cccc(OCc4ccccc4C(F)F)n3)cc2F)nc2ccc(C(=O)O)cc21. The molecule has 0 saturated carbocycles. The van der Waals surface area contributed by atoms with E-state index in [2.05, 4.69) is 9.97 Å². The summed E-state index contributed by atoms with van der Waals surface area (Å²) in [6.07, 6.45) is -2.44. The number of hydrogen-bond donors (Lipinski definition) is 1. The molecule has 2 heterocycles. The highest BCUT2D eigenvalue weighted by molar-refractivity contribution is 5.92. The van der Waals surface area contributed by atoms with Crippen LogP contribution in [-0.4, -0.2) is 39.3 Å². The fourth-order valence-electron chi connectivity index (χ4n) is 4.58. The third kappa shape index (κ3) is 6.22. The molecule has 0 spiro atoms. The lowest BCUT2D eigenvalue weighted by atomic mass is 10.1. The Balaban J connectivity index is 1.37. The van der Waals surface area contributed by atoms with E-state index in [0.29, 0.717) is 52.4 Å². The molecule has 0 bridgehead atoms. The van der Waals surface area contributed by atoms with Gasteiger partial charge < -0.3 is 19.1 Å². The number of fused-ring (bicyclic) bond motifs is 1. The first-order valence-corrected chi connectivity index (χ1v) is 12.8. The molecule has 5 aromatic rings. The number of carbonyl (C=O) groups is 1. The summed E-state index contributed by atoms with van der Waals surface area (Å²) in [6, 6.07) is 20.6. The Morgan fingerprint density at radius 2 is 1.80 bits per heavy atom. The fraction of sp³-hybridized carbons (Fsp3) is 0.194. The predicted molar refractivity (Wildman–Crippen MR) is 147 cm³/mol. The van der Waals surface area contributed by atoms with E-state index in [4.69, 9.17) is 9.47 Å². The van der Waals surface area contributed by atoms with E-state index in [9.17, 15) is 18.7 Å². The van der Waals surface area contributed by atoms with Gasteiger partial charge >= 0.3 is 5.97 Å². The molecule has 0 aliphatic heterocycles. The van der Waals surface area contributed by atoms with Gasteiger partial charge in [-0.3, -0.25) is 0 Å². The van der Waals surface area contributed by atoms with Crippen LogP contribution in [0.3, 0.4) is 0 Å². The maximum atomic E-state index is 15.4. The van der Waals surface area contributed by atoms with Crippen LogP contribution in [0.5, 0.6) is 5.88 Å². The smallest absolute Gasteiger partial charge is 0.335 e. The van der Waals surface area contributed by atoms with Crippen LogP contribution in [0.1, 0.15) is 39.3 Å². The molecule has 0 radical (unpaired) electrons. The van der Waals surface area contributed by atoms with Crippen LogP contribution in [-0.2, 0) is 24.3 Å². The first-order valence-electron chi connectivity index (χ1n) is 12.8. The number of ether oxygens (including phenoxy) is 2. The summed E-state index contributed by atoms with van der Waals surface area (Å²) in [4.78, 5) is 20.5. The molecular weight excluding hydrogens is 535 g/mol. The van der Waals surface area contributed by atoms with E-state index in [1.54, 1.807) is 67.8 Å². The number of alkyl halides is 2. The van der Waals surface area contributed by atoms with Crippen LogP contribution < -0.4 is 4.74 Å². The fourth-order valence-corrected chi connectivity index (χ4v) is 4.58. The van der Waals surface area contributed by atoms with Gasteiger partial charge in [-0.05, 0) is 41.5 Å². The van der Waals surface area contributed by atoms with Gasteiger partial charge in [0.25, 0.3) is 6.43 Å². The minimum Gasteiger partial charge on any atom is -0.478 e. The Kier molecular flexibility index (Phi) is 8.30. The van der Waals surface area contributed by atoms with Crippen LogP contribution in [0, 0.1) is 5.82 Å². The van der Waals surface area contributed by atoms with Crippen molar-refractivity contribution in [2.45, 2.75) is 26.0 Å². The van der Waals surface area contributed by atoms with Crippen LogP contribution in [0.4, 0.5) is 13.2 Å². The normalized spacial score (nSPS) is 11.3. The van der Waals surface area contributed by atoms with Crippen molar-refractivity contribution < 1.29 is 32.5 Å². The van der Waals surface area contributed by atoms with Gasteiger partial charge in [0, 0.05) is 37.3 Å². The van der Waals surface area contributed by atoms with E-state index >= 15 is 4.39 Å². The van der Waals surface area contributed by atoms with Gasteiger partial charge in [0.2, 0.25) is 5.88 Å². The van der Waals surface area contributed by atoms with E-state index in [0.717, 1.165) is 0 Å². The summed E-state index contributed by atoms with van der Waals surface area (Å²) in [5, 5.41) is 9.40. The highest BCUT2D eigenvalue weighted by atomic mass is 19.3. The van der Waals surface area contributed by atoms with Gasteiger partial charge in [0.15, 0.2) is 0 Å². The number of pyridine rings is 1. The minimum absolute atomic E-state index is 0.0811. The van der Waals surface area contributed by atoms with E-state index in [1.807, 2.05) is 4.57 Å². The number of carboxylic acid groups (broad SMARTS) is 1. The second-order valence-electron chi connectivity index (χ2n) is 9.31. The van der Waals surface area contributed by atoms with Gasteiger partial charge in [-0.15, -0.1) is 0 Å². The van der Waals surface area contributed by atoms with Gasteiger partial charge in [-0.1, -0.05) is 42.5 Å². The number of hydrogen-bond acceptors (Lipinski definition) is 5. The Morgan fingerprint density at radius 3 is 2.56 bits per heavy atom. The number of halogens is 3. The summed E-state index contributed by atoms with van der Waals surface area (Å²) in [5.41, 5.74) is 3.02. The highest BCUT2D eigenvalue weighted by Gasteiger charge is 2.17. The molecule has 5 rings (SSSR count). The first kappa shape index (κ1) is 27.9. The van der Waals surface area contributed by atoms with Crippen LogP contribution in [0.2, 0.25) is 0 Å². The molecule has 0 aliphatic rings. The van der Waals surface area contributed by atoms with Crippen LogP contribution in [0.25, 0.3) is 22.3 Å². The van der Waals surface area contributed by atoms with Gasteiger partial charge in [0.1, 0.15) is 18.2 Å². The molecule has 41 heavy (non-hydrogen) atoms. The first-order chi connectivity index (χ1) is 19.8. The number of rotatable bonds is 11. The number of aromatic nitrogens is 3. The molecule has 0 saturated heterocycles. The molecule has 1 N–H and O–H groups in total. The van der Waals surface area contributed by atoms with Crippen molar-refractivity contribution in [3.63, 3.8) is 0 Å². The van der Waals surface area contributed by atoms with Crippen LogP contribution in [0.15, 0.2) is 78.9 Å². The van der Waals surface area contributed by atoms with Crippen molar-refractivity contribution in [3.05, 3.63) is 113 Å². The number of nitrogens with zero attached hydrogens (tertiary/aromatic N) is 3. The molecule has 3 aromatic carbocycles. The molecule has 0 aliphatic carbocycles. The van der Waals surface area contributed by atoms with Gasteiger partial charge in [-0.25, -0.2) is 27.9 Å². The summed E-state index contributed by atoms with van der Waals surface area (Å²) >= 11 is 0. The second-order valence-corrected chi connectivity index (χ2v) is 9.31. The summed E-state index contributed by atoms with van der Waals surface area (Å²) in [5.74, 6) is -0.707. The average molecular weight is 562 g/mol. The Bertz CT molecular complexity index is 1700. The lowest BCUT2D eigenvalue weighted by Crippen LogP contribution is -2.10. The standard InChI is InChI=1S/C31H26F3N3O4/c1-40-14-13-37-27-16-21(31(38)39)11-12-26(27)35-28(37)17-19-9-10-20(15-24(19)32)25-7-4-8-29(36-25)41-18-22-5-2-3-6-23(22)30(33)34/h2-12,15-16,30H,13-14,17-18H2,1H3,(H,38,39). The monoisotopic (exact) mass is 561 g/mol. The lowest BCUT2D eigenvalue weighted by Gasteiger charge is -2.12. The summed E-state index contributed by atoms with van der Waals surface area (Å²) in [7, 11) is 1.57. The maximum Gasteiger partial charge on any atom is 0.335 e. The lowest BCUT2D eigenvalue weighted by molar-refractivity contribution is 0.0697. The zero-order valence-electron chi connectivity index (χ0n) is 22.1. The number of methoxy groups -OCH3 is 1. The molecule has 0 unspecified atom stereocenters. The van der Waals surface area contributed by atoms with Crippen molar-refractivity contribution >= 4 is 17.0 Å². The number of aromatic carboxylic acids is 1. The van der Waals surface area contributed by atoms with Gasteiger partial charge in [-0.2, -0.15) is 0 Å². The molecular formula is C31H26F3N3O4. The third-order valence-corrected chi connectivity index (χ3v) is 6.68. The van der Waals surface area contributed by atoms with E-state index < -0.39 is 18.2 Å². The van der Waals surface area contributed by atoms with E-state index in [-0.39, 0.29) is 30.0 Å². The predicted octanol–water partition coefficient (Wildman–Crippen LogP) is 6.69. The zero-order chi connectivity index (χ0) is 28.9. The highest BCUT2D eigenvalue weighted by Crippen LogP contribution is 2.27. The molecule has 0 amide bonds. The topological polar surface area (TPSA) is 86.5 Å². The largest absolute Gasteiger partial charge is 0.478 e. The minimum atomic E-state index is -2.62. The second kappa shape index (κ2) is 12.2. The average Bonchev–Trinajstić information content (AvgIpc) is 3.32. The molecule has 7 nitrogen and oxygen atoms in total. The molecule has 0 fully saturated rings. The Morgan fingerprint density at radius 1 is 0.976 bits per heavy atom. The van der Waals surface area contributed by atoms with Crippen molar-refractivity contribution in [1.82, 2.24) is 14.5 Å². The summed E-state index contributed by atoms with van der Waals surface area (Å²) in [6.45, 7) is 0.709. The third-order valence-electron chi connectivity index (χ3n) is 6.68. The van der Waals surface area contributed by atoms with Crippen molar-refractivity contribution in [1.29, 1.82) is 0 Å². The van der Waals surface area contributed by atoms with Crippen molar-refractivity contribution in [3.8, 4) is 17.1 Å². The van der Waals surface area contributed by atoms with Crippen molar-refractivity contribution in [2.24, 2.45) is 0 Å². The Hall–Kier alpha value is -4.70. The molecule has 2 aromatic heterocycles. The van der Waals surface area contributed by atoms with Crippen molar-refractivity contribution in [2.75, 3.05) is 13.7 Å². The number of imidazole rings is 1. The number of benzene rings is 3. The quantitative estimate of drug-likeness (QED) is 0.193. The Labute approximate surface area is 233 Å². The maximum absolute atomic E-state index is 15.4. The molecule has 210 valence electrons. The zero-order valence-corrected chi connectivity index (χ0v) is 22.1. The van der Waals surface area contributed by atoms with Gasteiger partial charge in [0.05, 0.1) is 28.9 Å². The molecule has 10 heteroatoms. The summed E-state index contributed by atoms with van der Waals surface area (Å²) < 4.78 is 54.7. The van der Waals surface area contributed by atoms with E-state index in [1.165, 1.54) is 18.2 Å². The molecule has 0 atom stereocenters.